The molecule has 1 aromatic carbocycles. The molecule has 22 heavy (non-hydrogen) atoms. The smallest absolute Gasteiger partial charge is 0.251 e. The van der Waals surface area contributed by atoms with Gasteiger partial charge in [0.05, 0.1) is 13.2 Å². The van der Waals surface area contributed by atoms with Crippen molar-refractivity contribution in [3.05, 3.63) is 23.8 Å². The van der Waals surface area contributed by atoms with Gasteiger partial charge >= 0.3 is 0 Å². The molecule has 6 heteroatoms. The van der Waals surface area contributed by atoms with Crippen molar-refractivity contribution in [3.63, 3.8) is 0 Å². The third-order valence-electron chi connectivity index (χ3n) is 3.52. The molecular formula is C16H25ClN2O3. The average molecular weight is 329 g/mol. The van der Waals surface area contributed by atoms with Crippen LogP contribution >= 0.6 is 12.4 Å². The van der Waals surface area contributed by atoms with Gasteiger partial charge in [0.1, 0.15) is 0 Å². The van der Waals surface area contributed by atoms with Gasteiger partial charge in [0.25, 0.3) is 5.91 Å². The standard InChI is InChI=1S/C16H24N2O3.ClH/c1-3-20-14-6-5-13(9-15(14)21-4-2)16(19)18-11-12-7-8-17-10-12;/h5-6,9,12,17H,3-4,7-8,10-11H2,1-2H3,(H,18,19);1H. The number of carbonyl (C=O) groups is 1. The van der Waals surface area contributed by atoms with Crippen molar-refractivity contribution in [2.45, 2.75) is 20.3 Å². The van der Waals surface area contributed by atoms with E-state index in [4.69, 9.17) is 9.47 Å². The first-order valence-corrected chi connectivity index (χ1v) is 7.63. The lowest BCUT2D eigenvalue weighted by Crippen LogP contribution is -2.30. The lowest BCUT2D eigenvalue weighted by molar-refractivity contribution is 0.0947. The van der Waals surface area contributed by atoms with Crippen molar-refractivity contribution in [1.82, 2.24) is 10.6 Å². The predicted octanol–water partition coefficient (Wildman–Crippen LogP) is 2.25. The zero-order chi connectivity index (χ0) is 15.1. The van der Waals surface area contributed by atoms with Crippen molar-refractivity contribution in [2.75, 3.05) is 32.8 Å². The Morgan fingerprint density at radius 1 is 1.27 bits per heavy atom. The predicted molar refractivity (Wildman–Crippen MR) is 89.3 cm³/mol. The van der Waals surface area contributed by atoms with E-state index in [-0.39, 0.29) is 18.3 Å². The monoisotopic (exact) mass is 328 g/mol. The van der Waals surface area contributed by atoms with Gasteiger partial charge in [0, 0.05) is 12.1 Å². The molecule has 0 radical (unpaired) electrons. The van der Waals surface area contributed by atoms with Gasteiger partial charge < -0.3 is 20.1 Å². The summed E-state index contributed by atoms with van der Waals surface area (Å²) in [5.74, 6) is 1.76. The van der Waals surface area contributed by atoms with Crippen LogP contribution in [0, 0.1) is 5.92 Å². The highest BCUT2D eigenvalue weighted by molar-refractivity contribution is 5.94. The number of hydrogen-bond acceptors (Lipinski definition) is 4. The third kappa shape index (κ3) is 5.07. The lowest BCUT2D eigenvalue weighted by Gasteiger charge is -2.13. The highest BCUT2D eigenvalue weighted by atomic mass is 35.5. The Morgan fingerprint density at radius 2 is 2.00 bits per heavy atom. The van der Waals surface area contributed by atoms with E-state index in [1.165, 1.54) is 0 Å². The zero-order valence-electron chi connectivity index (χ0n) is 13.2. The minimum Gasteiger partial charge on any atom is -0.490 e. The number of halogens is 1. The summed E-state index contributed by atoms with van der Waals surface area (Å²) in [4.78, 5) is 12.2. The molecule has 2 N–H and O–H groups in total. The molecule has 1 aromatic rings. The maximum Gasteiger partial charge on any atom is 0.251 e. The largest absolute Gasteiger partial charge is 0.490 e. The maximum atomic E-state index is 12.2. The van der Waals surface area contributed by atoms with Crippen LogP contribution in [-0.2, 0) is 0 Å². The van der Waals surface area contributed by atoms with Crippen LogP contribution in [0.3, 0.4) is 0 Å². The van der Waals surface area contributed by atoms with Crippen LogP contribution in [-0.4, -0.2) is 38.8 Å². The number of benzene rings is 1. The first-order valence-electron chi connectivity index (χ1n) is 7.63. The molecule has 124 valence electrons. The molecule has 0 bridgehead atoms. The van der Waals surface area contributed by atoms with Gasteiger partial charge in [-0.25, -0.2) is 0 Å². The van der Waals surface area contributed by atoms with Crippen molar-refractivity contribution in [2.24, 2.45) is 5.92 Å². The molecule has 0 saturated carbocycles. The Labute approximate surface area is 138 Å². The van der Waals surface area contributed by atoms with E-state index in [0.717, 1.165) is 19.5 Å². The van der Waals surface area contributed by atoms with E-state index in [1.807, 2.05) is 13.8 Å². The topological polar surface area (TPSA) is 59.6 Å². The summed E-state index contributed by atoms with van der Waals surface area (Å²) in [7, 11) is 0. The summed E-state index contributed by atoms with van der Waals surface area (Å²) in [5, 5.41) is 6.28. The number of ether oxygens (including phenoxy) is 2. The third-order valence-corrected chi connectivity index (χ3v) is 3.52. The zero-order valence-corrected chi connectivity index (χ0v) is 14.0. The fourth-order valence-electron chi connectivity index (χ4n) is 2.42. The summed E-state index contributed by atoms with van der Waals surface area (Å²) in [5.41, 5.74) is 0.604. The van der Waals surface area contributed by atoms with Gasteiger partial charge in [-0.1, -0.05) is 0 Å². The first-order chi connectivity index (χ1) is 10.2. The summed E-state index contributed by atoms with van der Waals surface area (Å²) in [6.07, 6.45) is 1.12. The van der Waals surface area contributed by atoms with Crippen molar-refractivity contribution < 1.29 is 14.3 Å². The number of nitrogens with one attached hydrogen (secondary N) is 2. The van der Waals surface area contributed by atoms with E-state index >= 15 is 0 Å². The second-order valence-electron chi connectivity index (χ2n) is 5.10. The first kappa shape index (κ1) is 18.6. The fraction of sp³-hybridized carbons (Fsp3) is 0.562. The van der Waals surface area contributed by atoms with Crippen LogP contribution in [0.1, 0.15) is 30.6 Å². The van der Waals surface area contributed by atoms with Gasteiger partial charge in [0.2, 0.25) is 0 Å². The summed E-state index contributed by atoms with van der Waals surface area (Å²) in [6.45, 7) is 7.68. The van der Waals surface area contributed by atoms with E-state index < -0.39 is 0 Å². The van der Waals surface area contributed by atoms with E-state index in [2.05, 4.69) is 10.6 Å². The molecule has 1 aliphatic heterocycles. The van der Waals surface area contributed by atoms with Crippen LogP contribution in [0.4, 0.5) is 0 Å². The number of amides is 1. The maximum absolute atomic E-state index is 12.2. The highest BCUT2D eigenvalue weighted by Gasteiger charge is 2.16. The van der Waals surface area contributed by atoms with E-state index in [9.17, 15) is 4.79 Å². The van der Waals surface area contributed by atoms with Gasteiger partial charge in [-0.05, 0) is 57.5 Å². The molecule has 5 nitrogen and oxygen atoms in total. The van der Waals surface area contributed by atoms with Crippen LogP contribution in [0.5, 0.6) is 11.5 Å². The van der Waals surface area contributed by atoms with Gasteiger partial charge in [-0.3, -0.25) is 4.79 Å². The Kier molecular flexibility index (Phi) is 8.06. The second-order valence-corrected chi connectivity index (χ2v) is 5.10. The minimum absolute atomic E-state index is 0. The van der Waals surface area contributed by atoms with Crippen LogP contribution in [0.2, 0.25) is 0 Å². The SMILES string of the molecule is CCOc1ccc(C(=O)NCC2CCNC2)cc1OCC.Cl. The molecule has 1 aliphatic rings. The summed E-state index contributed by atoms with van der Waals surface area (Å²) >= 11 is 0. The van der Waals surface area contributed by atoms with Crippen LogP contribution < -0.4 is 20.1 Å². The molecule has 1 heterocycles. The fourth-order valence-corrected chi connectivity index (χ4v) is 2.42. The average Bonchev–Trinajstić information content (AvgIpc) is 3.00. The molecular weight excluding hydrogens is 304 g/mol. The van der Waals surface area contributed by atoms with E-state index in [1.54, 1.807) is 18.2 Å². The molecule has 1 unspecified atom stereocenters. The minimum atomic E-state index is -0.0640. The Bertz CT molecular complexity index is 476. The summed E-state index contributed by atoms with van der Waals surface area (Å²) < 4.78 is 11.0. The van der Waals surface area contributed by atoms with E-state index in [0.29, 0.717) is 42.7 Å². The molecule has 1 saturated heterocycles. The molecule has 2 rings (SSSR count). The number of rotatable bonds is 7. The molecule has 0 aliphatic carbocycles. The van der Waals surface area contributed by atoms with Gasteiger partial charge in [0.15, 0.2) is 11.5 Å². The Hall–Kier alpha value is -1.46. The molecule has 0 aromatic heterocycles. The van der Waals surface area contributed by atoms with Crippen LogP contribution in [0.25, 0.3) is 0 Å². The molecule has 0 spiro atoms. The lowest BCUT2D eigenvalue weighted by atomic mass is 10.1. The molecule has 1 amide bonds. The van der Waals surface area contributed by atoms with Crippen molar-refractivity contribution in [1.29, 1.82) is 0 Å². The molecule has 1 fully saturated rings. The van der Waals surface area contributed by atoms with Gasteiger partial charge in [-0.15, -0.1) is 12.4 Å². The van der Waals surface area contributed by atoms with Crippen molar-refractivity contribution in [3.8, 4) is 11.5 Å². The summed E-state index contributed by atoms with van der Waals surface area (Å²) in [6, 6.07) is 5.31. The number of carbonyl (C=O) groups excluding carboxylic acids is 1. The second kappa shape index (κ2) is 9.54. The van der Waals surface area contributed by atoms with Crippen LogP contribution in [0.15, 0.2) is 18.2 Å². The normalized spacial score (nSPS) is 16.7. The Morgan fingerprint density at radius 3 is 2.64 bits per heavy atom. The highest BCUT2D eigenvalue weighted by Crippen LogP contribution is 2.28. The Balaban J connectivity index is 0.00000242. The number of hydrogen-bond donors (Lipinski definition) is 2. The van der Waals surface area contributed by atoms with Gasteiger partial charge in [-0.2, -0.15) is 0 Å². The van der Waals surface area contributed by atoms with Crippen molar-refractivity contribution >= 4 is 18.3 Å². The quantitative estimate of drug-likeness (QED) is 0.806. The molecule has 1 atom stereocenters.